The summed E-state index contributed by atoms with van der Waals surface area (Å²) < 4.78 is 0. The molecule has 3 nitrogen and oxygen atoms in total. The first-order valence-electron chi connectivity index (χ1n) is 9.75. The molecular formula is C20H38ClNO2. The molecule has 0 heterocycles. The van der Waals surface area contributed by atoms with Crippen molar-refractivity contribution < 1.29 is 5.11 Å². The maximum atomic E-state index is 10.5. The van der Waals surface area contributed by atoms with Crippen molar-refractivity contribution in [3.63, 3.8) is 0 Å². The number of aliphatic hydroxyl groups is 1. The zero-order valence-electron chi connectivity index (χ0n) is 16.1. The largest absolute Gasteiger partial charge is 0.393 e. The maximum Gasteiger partial charge on any atom is 0.110 e. The highest BCUT2D eigenvalue weighted by Gasteiger charge is 2.32. The summed E-state index contributed by atoms with van der Waals surface area (Å²) in [5, 5.41) is 13.3. The average molecular weight is 360 g/mol. The molecule has 142 valence electrons. The zero-order chi connectivity index (χ0) is 18.5. The molecule has 0 amide bonds. The van der Waals surface area contributed by atoms with Crippen molar-refractivity contribution >= 4 is 11.6 Å². The summed E-state index contributed by atoms with van der Waals surface area (Å²) >= 11 is 5.82. The lowest BCUT2D eigenvalue weighted by molar-refractivity contribution is 0.0250. The fourth-order valence-electron chi connectivity index (χ4n) is 3.55. The van der Waals surface area contributed by atoms with Crippen LogP contribution in [-0.4, -0.2) is 22.6 Å². The molecule has 0 radical (unpaired) electrons. The van der Waals surface area contributed by atoms with Crippen molar-refractivity contribution in [1.82, 2.24) is 0 Å². The van der Waals surface area contributed by atoms with E-state index in [-0.39, 0.29) is 12.1 Å². The summed E-state index contributed by atoms with van der Waals surface area (Å²) in [5.41, 5.74) is 0. The van der Waals surface area contributed by atoms with Gasteiger partial charge in [0.25, 0.3) is 0 Å². The van der Waals surface area contributed by atoms with Crippen molar-refractivity contribution in [2.45, 2.75) is 96.6 Å². The number of rotatable bonds is 4. The molecule has 0 bridgehead atoms. The Labute approximate surface area is 154 Å². The fraction of sp³-hybridized carbons (Fsp3) is 0.900. The predicted octanol–water partition coefficient (Wildman–Crippen LogP) is 6.32. The van der Waals surface area contributed by atoms with Gasteiger partial charge in [0.2, 0.25) is 0 Å². The third-order valence-corrected chi connectivity index (χ3v) is 5.67. The third-order valence-electron chi connectivity index (χ3n) is 5.24. The maximum absolute atomic E-state index is 10.5. The van der Waals surface area contributed by atoms with Crippen LogP contribution < -0.4 is 0 Å². The van der Waals surface area contributed by atoms with Gasteiger partial charge in [0, 0.05) is 5.38 Å². The van der Waals surface area contributed by atoms with E-state index in [0.717, 1.165) is 19.3 Å². The van der Waals surface area contributed by atoms with Crippen LogP contribution in [-0.2, 0) is 0 Å². The van der Waals surface area contributed by atoms with Crippen LogP contribution in [0, 0.1) is 22.7 Å². The minimum absolute atomic E-state index is 0.178. The van der Waals surface area contributed by atoms with Crippen LogP contribution in [0.4, 0.5) is 0 Å². The first kappa shape index (κ1) is 23.6. The summed E-state index contributed by atoms with van der Waals surface area (Å²) in [5.74, 6) is 1.30. The Morgan fingerprint density at radius 3 is 2.17 bits per heavy atom. The van der Waals surface area contributed by atoms with E-state index in [9.17, 15) is 10.0 Å². The van der Waals surface area contributed by atoms with Crippen molar-refractivity contribution in [3.05, 3.63) is 17.6 Å². The molecule has 2 aliphatic rings. The van der Waals surface area contributed by atoms with Crippen LogP contribution in [0.5, 0.6) is 0 Å². The molecule has 5 atom stereocenters. The zero-order valence-corrected chi connectivity index (χ0v) is 16.8. The Hall–Kier alpha value is -0.410. The molecule has 1 N–H and O–H groups in total. The lowest BCUT2D eigenvalue weighted by atomic mass is 9.71. The Balaban J connectivity index is 0.000000488. The minimum Gasteiger partial charge on any atom is -0.393 e. The van der Waals surface area contributed by atoms with Gasteiger partial charge in [-0.05, 0) is 49.9 Å². The van der Waals surface area contributed by atoms with Crippen molar-refractivity contribution in [2.24, 2.45) is 22.9 Å². The van der Waals surface area contributed by atoms with E-state index in [1.807, 2.05) is 13.8 Å². The lowest BCUT2D eigenvalue weighted by Gasteiger charge is -2.36. The van der Waals surface area contributed by atoms with Gasteiger partial charge in [-0.15, -0.1) is 18.2 Å². The summed E-state index contributed by atoms with van der Waals surface area (Å²) in [6.07, 6.45) is 10.7. The Morgan fingerprint density at radius 1 is 1.17 bits per heavy atom. The second-order valence-electron chi connectivity index (χ2n) is 7.13. The number of hydrogen-bond acceptors (Lipinski definition) is 3. The van der Waals surface area contributed by atoms with Gasteiger partial charge in [-0.1, -0.05) is 58.2 Å². The van der Waals surface area contributed by atoms with E-state index in [1.165, 1.54) is 32.1 Å². The highest BCUT2D eigenvalue weighted by molar-refractivity contribution is 6.20. The standard InChI is InChI=1S/C12H21NO2.C6H11Cl.C2H6/c1-4-11(13-15)7-10-5-9(3)12(14)6-8(10)2;7-6-4-2-1-3-5-6;1-2/h4,8-12,14H,1,5-7H2,2-3H3;6H,1-5H2;1-2H3. The Bertz CT molecular complexity index is 324. The van der Waals surface area contributed by atoms with E-state index < -0.39 is 0 Å². The first-order valence-corrected chi connectivity index (χ1v) is 10.2. The van der Waals surface area contributed by atoms with E-state index in [4.69, 9.17) is 11.6 Å². The third kappa shape index (κ3) is 9.17. The van der Waals surface area contributed by atoms with Crippen molar-refractivity contribution in [3.8, 4) is 0 Å². The number of aliphatic hydroxyl groups excluding tert-OH is 1. The van der Waals surface area contributed by atoms with Gasteiger partial charge in [-0.25, -0.2) is 0 Å². The summed E-state index contributed by atoms with van der Waals surface area (Å²) in [4.78, 5) is 10.5. The smallest absolute Gasteiger partial charge is 0.110 e. The average Bonchev–Trinajstić information content (AvgIpc) is 2.60. The predicted molar refractivity (Wildman–Crippen MR) is 106 cm³/mol. The first-order chi connectivity index (χ1) is 11.5. The van der Waals surface area contributed by atoms with Crippen LogP contribution in [0.25, 0.3) is 0 Å². The number of nitroso groups, excluding NO2 is 1. The monoisotopic (exact) mass is 359 g/mol. The number of nitrogens with zero attached hydrogens (tertiary/aromatic N) is 1. The van der Waals surface area contributed by atoms with Crippen LogP contribution in [0.3, 0.4) is 0 Å². The molecule has 0 saturated heterocycles. The van der Waals surface area contributed by atoms with Gasteiger partial charge in [-0.3, -0.25) is 0 Å². The molecule has 0 aliphatic heterocycles. The van der Waals surface area contributed by atoms with E-state index in [0.29, 0.717) is 23.1 Å². The number of alkyl halides is 1. The molecule has 0 aromatic rings. The van der Waals surface area contributed by atoms with Crippen LogP contribution in [0.1, 0.15) is 79.1 Å². The molecule has 2 rings (SSSR count). The van der Waals surface area contributed by atoms with E-state index in [1.54, 1.807) is 6.08 Å². The van der Waals surface area contributed by atoms with Crippen molar-refractivity contribution in [1.29, 1.82) is 0 Å². The minimum atomic E-state index is -0.264. The van der Waals surface area contributed by atoms with Gasteiger partial charge in [0.1, 0.15) is 6.04 Å². The normalized spacial score (nSPS) is 31.6. The molecule has 2 fully saturated rings. The highest BCUT2D eigenvalue weighted by Crippen LogP contribution is 2.36. The summed E-state index contributed by atoms with van der Waals surface area (Å²) in [7, 11) is 0. The summed E-state index contributed by atoms with van der Waals surface area (Å²) in [6, 6.07) is -0.264. The van der Waals surface area contributed by atoms with E-state index in [2.05, 4.69) is 25.6 Å². The van der Waals surface area contributed by atoms with Crippen LogP contribution >= 0.6 is 11.6 Å². The second-order valence-corrected chi connectivity index (χ2v) is 7.75. The fourth-order valence-corrected chi connectivity index (χ4v) is 3.85. The molecule has 0 spiro atoms. The Kier molecular flexibility index (Phi) is 13.6. The molecule has 0 aromatic heterocycles. The van der Waals surface area contributed by atoms with Crippen LogP contribution in [0.15, 0.2) is 17.8 Å². The van der Waals surface area contributed by atoms with Gasteiger partial charge in [0.15, 0.2) is 0 Å². The molecule has 5 unspecified atom stereocenters. The molecular weight excluding hydrogens is 322 g/mol. The second kappa shape index (κ2) is 13.8. The van der Waals surface area contributed by atoms with Gasteiger partial charge in [0.05, 0.1) is 6.10 Å². The number of hydrogen-bond donors (Lipinski definition) is 1. The summed E-state index contributed by atoms with van der Waals surface area (Å²) in [6.45, 7) is 11.8. The number of halogens is 1. The molecule has 2 saturated carbocycles. The molecule has 24 heavy (non-hydrogen) atoms. The molecule has 2 aliphatic carbocycles. The van der Waals surface area contributed by atoms with Crippen LogP contribution in [0.2, 0.25) is 0 Å². The van der Waals surface area contributed by atoms with Gasteiger partial charge in [-0.2, -0.15) is 4.91 Å². The van der Waals surface area contributed by atoms with Gasteiger partial charge >= 0.3 is 0 Å². The molecule has 4 heteroatoms. The van der Waals surface area contributed by atoms with E-state index >= 15 is 0 Å². The SMILES string of the molecule is C=CC(CC1CC(C)C(O)CC1C)N=O.CC.ClC1CCCCC1. The quantitative estimate of drug-likeness (QED) is 0.362. The lowest BCUT2D eigenvalue weighted by Crippen LogP contribution is -2.33. The molecule has 0 aromatic carbocycles. The Morgan fingerprint density at radius 2 is 1.75 bits per heavy atom. The highest BCUT2D eigenvalue weighted by atomic mass is 35.5. The van der Waals surface area contributed by atoms with Gasteiger partial charge < -0.3 is 5.11 Å². The van der Waals surface area contributed by atoms with Crippen molar-refractivity contribution in [2.75, 3.05) is 0 Å². The topological polar surface area (TPSA) is 49.7 Å².